The minimum absolute atomic E-state index is 0.0632. The third-order valence-corrected chi connectivity index (χ3v) is 2.96. The predicted molar refractivity (Wildman–Crippen MR) is 73.1 cm³/mol. The highest BCUT2D eigenvalue weighted by molar-refractivity contribution is 5.99. The molecule has 1 atom stereocenters. The Balaban J connectivity index is 2.17. The van der Waals surface area contributed by atoms with Gasteiger partial charge in [0.1, 0.15) is 11.6 Å². The fraction of sp³-hybridized carbons (Fsp3) is 0.133. The number of amides is 1. The van der Waals surface area contributed by atoms with Crippen molar-refractivity contribution in [3.8, 4) is 0 Å². The maximum atomic E-state index is 13.1. The predicted octanol–water partition coefficient (Wildman–Crippen LogP) is 3.04. The van der Waals surface area contributed by atoms with Gasteiger partial charge < -0.3 is 11.1 Å². The first-order valence-corrected chi connectivity index (χ1v) is 6.08. The van der Waals surface area contributed by atoms with E-state index in [0.29, 0.717) is 5.56 Å². The van der Waals surface area contributed by atoms with Crippen molar-refractivity contribution >= 4 is 11.6 Å². The lowest BCUT2D eigenvalue weighted by atomic mass is 10.1. The first-order valence-electron chi connectivity index (χ1n) is 6.08. The molecule has 0 aliphatic rings. The van der Waals surface area contributed by atoms with E-state index in [4.69, 9.17) is 5.73 Å². The summed E-state index contributed by atoms with van der Waals surface area (Å²) in [5, 5.41) is 2.66. The molecule has 0 fully saturated rings. The summed E-state index contributed by atoms with van der Waals surface area (Å²) in [6, 6.07) is 9.08. The molecular formula is C15H14F2N2O. The quantitative estimate of drug-likeness (QED) is 0.847. The Hall–Kier alpha value is -2.43. The van der Waals surface area contributed by atoms with Crippen LogP contribution < -0.4 is 11.1 Å². The first kappa shape index (κ1) is 14.0. The molecule has 20 heavy (non-hydrogen) atoms. The van der Waals surface area contributed by atoms with Crippen molar-refractivity contribution in [2.24, 2.45) is 0 Å². The minimum Gasteiger partial charge on any atom is -0.398 e. The average Bonchev–Trinajstić information content (AvgIpc) is 2.41. The van der Waals surface area contributed by atoms with Gasteiger partial charge >= 0.3 is 0 Å². The number of carbonyl (C=O) groups excluding carboxylic acids is 1. The van der Waals surface area contributed by atoms with Gasteiger partial charge in [-0.3, -0.25) is 4.79 Å². The van der Waals surface area contributed by atoms with E-state index in [-0.39, 0.29) is 17.1 Å². The number of anilines is 1. The summed E-state index contributed by atoms with van der Waals surface area (Å²) in [4.78, 5) is 12.0. The molecule has 2 aromatic carbocycles. The Morgan fingerprint density at radius 1 is 1.15 bits per heavy atom. The van der Waals surface area contributed by atoms with Crippen molar-refractivity contribution < 1.29 is 13.6 Å². The van der Waals surface area contributed by atoms with Crippen LogP contribution in [0.4, 0.5) is 14.5 Å². The molecule has 0 saturated heterocycles. The first-order chi connectivity index (χ1) is 9.47. The summed E-state index contributed by atoms with van der Waals surface area (Å²) in [7, 11) is 0. The van der Waals surface area contributed by atoms with Crippen LogP contribution in [-0.4, -0.2) is 5.91 Å². The standard InChI is InChI=1S/C15H14F2N2O/c1-9(10-3-2-4-11(16)7-10)19-15(20)13-8-12(17)5-6-14(13)18/h2-9H,18H2,1H3,(H,19,20)/t9-/m1/s1. The molecule has 5 heteroatoms. The van der Waals surface area contributed by atoms with Crippen LogP contribution in [0, 0.1) is 11.6 Å². The van der Waals surface area contributed by atoms with Gasteiger partial charge in [0.05, 0.1) is 11.6 Å². The number of nitrogens with one attached hydrogen (secondary N) is 1. The summed E-state index contributed by atoms with van der Waals surface area (Å²) < 4.78 is 26.3. The summed E-state index contributed by atoms with van der Waals surface area (Å²) in [6.07, 6.45) is 0. The second-order valence-electron chi connectivity index (χ2n) is 4.48. The van der Waals surface area contributed by atoms with Crippen LogP contribution >= 0.6 is 0 Å². The van der Waals surface area contributed by atoms with Gasteiger partial charge in [0.25, 0.3) is 5.91 Å². The van der Waals surface area contributed by atoms with Gasteiger partial charge in [-0.1, -0.05) is 12.1 Å². The minimum atomic E-state index is -0.539. The van der Waals surface area contributed by atoms with Crippen molar-refractivity contribution in [1.82, 2.24) is 5.32 Å². The fourth-order valence-electron chi connectivity index (χ4n) is 1.86. The maximum Gasteiger partial charge on any atom is 0.253 e. The normalized spacial score (nSPS) is 11.9. The van der Waals surface area contributed by atoms with Crippen LogP contribution in [0.3, 0.4) is 0 Å². The maximum absolute atomic E-state index is 13.1. The number of hydrogen-bond donors (Lipinski definition) is 2. The Morgan fingerprint density at radius 3 is 2.55 bits per heavy atom. The van der Waals surface area contributed by atoms with Crippen molar-refractivity contribution in [2.45, 2.75) is 13.0 Å². The molecular weight excluding hydrogens is 262 g/mol. The second-order valence-corrected chi connectivity index (χ2v) is 4.48. The van der Waals surface area contributed by atoms with Gasteiger partial charge in [-0.2, -0.15) is 0 Å². The molecule has 0 radical (unpaired) electrons. The van der Waals surface area contributed by atoms with Gasteiger partial charge in [-0.05, 0) is 42.8 Å². The van der Waals surface area contributed by atoms with E-state index in [2.05, 4.69) is 5.32 Å². The summed E-state index contributed by atoms with van der Waals surface area (Å²) in [6.45, 7) is 1.71. The number of halogens is 2. The van der Waals surface area contributed by atoms with E-state index in [0.717, 1.165) is 6.07 Å². The zero-order valence-electron chi connectivity index (χ0n) is 10.9. The molecule has 0 spiro atoms. The Labute approximate surface area is 115 Å². The topological polar surface area (TPSA) is 55.1 Å². The Bertz CT molecular complexity index is 644. The number of nitrogens with two attached hydrogens (primary N) is 1. The zero-order valence-corrected chi connectivity index (χ0v) is 10.9. The van der Waals surface area contributed by atoms with Crippen LogP contribution in [-0.2, 0) is 0 Å². The van der Waals surface area contributed by atoms with E-state index in [1.165, 1.54) is 24.3 Å². The molecule has 2 rings (SSSR count). The average molecular weight is 276 g/mol. The third kappa shape index (κ3) is 3.12. The van der Waals surface area contributed by atoms with E-state index in [1.807, 2.05) is 0 Å². The van der Waals surface area contributed by atoms with Crippen molar-refractivity contribution in [1.29, 1.82) is 0 Å². The van der Waals surface area contributed by atoms with Gasteiger partial charge in [0.2, 0.25) is 0 Å². The van der Waals surface area contributed by atoms with Crippen LogP contribution in [0.2, 0.25) is 0 Å². The molecule has 0 bridgehead atoms. The van der Waals surface area contributed by atoms with Crippen LogP contribution in [0.15, 0.2) is 42.5 Å². The van der Waals surface area contributed by atoms with E-state index < -0.39 is 17.8 Å². The summed E-state index contributed by atoms with van der Waals surface area (Å²) >= 11 is 0. The zero-order chi connectivity index (χ0) is 14.7. The molecule has 1 amide bonds. The molecule has 0 aliphatic heterocycles. The number of nitrogen functional groups attached to an aromatic ring is 1. The molecule has 3 nitrogen and oxygen atoms in total. The summed E-state index contributed by atoms with van der Waals surface area (Å²) in [5.41, 5.74) is 6.51. The lowest BCUT2D eigenvalue weighted by Crippen LogP contribution is -2.27. The monoisotopic (exact) mass is 276 g/mol. The highest BCUT2D eigenvalue weighted by Gasteiger charge is 2.14. The van der Waals surface area contributed by atoms with Crippen LogP contribution in [0.1, 0.15) is 28.9 Å². The van der Waals surface area contributed by atoms with Crippen LogP contribution in [0.5, 0.6) is 0 Å². The van der Waals surface area contributed by atoms with E-state index in [9.17, 15) is 13.6 Å². The molecule has 0 saturated carbocycles. The third-order valence-electron chi connectivity index (χ3n) is 2.96. The summed E-state index contributed by atoms with van der Waals surface area (Å²) in [5.74, 6) is -1.42. The number of benzene rings is 2. The number of carbonyl (C=O) groups is 1. The number of hydrogen-bond acceptors (Lipinski definition) is 2. The molecule has 0 aliphatic carbocycles. The highest BCUT2D eigenvalue weighted by atomic mass is 19.1. The smallest absolute Gasteiger partial charge is 0.253 e. The Kier molecular flexibility index (Phi) is 3.98. The van der Waals surface area contributed by atoms with Gasteiger partial charge in [-0.25, -0.2) is 8.78 Å². The molecule has 2 aromatic rings. The molecule has 104 valence electrons. The molecule has 0 unspecified atom stereocenters. The lowest BCUT2D eigenvalue weighted by Gasteiger charge is -2.15. The highest BCUT2D eigenvalue weighted by Crippen LogP contribution is 2.17. The SMILES string of the molecule is C[C@@H](NC(=O)c1cc(F)ccc1N)c1cccc(F)c1. The van der Waals surface area contributed by atoms with E-state index in [1.54, 1.807) is 19.1 Å². The van der Waals surface area contributed by atoms with Gasteiger partial charge in [-0.15, -0.1) is 0 Å². The largest absolute Gasteiger partial charge is 0.398 e. The second kappa shape index (κ2) is 5.69. The Morgan fingerprint density at radius 2 is 1.85 bits per heavy atom. The van der Waals surface area contributed by atoms with E-state index >= 15 is 0 Å². The van der Waals surface area contributed by atoms with Gasteiger partial charge in [0.15, 0.2) is 0 Å². The lowest BCUT2D eigenvalue weighted by molar-refractivity contribution is 0.0940. The van der Waals surface area contributed by atoms with Crippen molar-refractivity contribution in [3.05, 3.63) is 65.2 Å². The molecule has 0 aromatic heterocycles. The van der Waals surface area contributed by atoms with Crippen molar-refractivity contribution in [3.63, 3.8) is 0 Å². The van der Waals surface area contributed by atoms with Crippen LogP contribution in [0.25, 0.3) is 0 Å². The molecule has 3 N–H and O–H groups in total. The molecule has 0 heterocycles. The number of rotatable bonds is 3. The van der Waals surface area contributed by atoms with Crippen molar-refractivity contribution in [2.75, 3.05) is 5.73 Å². The fourth-order valence-corrected chi connectivity index (χ4v) is 1.86. The van der Waals surface area contributed by atoms with Gasteiger partial charge in [0, 0.05) is 5.69 Å².